The van der Waals surface area contributed by atoms with Crippen molar-refractivity contribution >= 4 is 29.1 Å². The minimum Gasteiger partial charge on any atom is -0.355 e. The van der Waals surface area contributed by atoms with Crippen LogP contribution in [0.1, 0.15) is 24.1 Å². The lowest BCUT2D eigenvalue weighted by atomic mass is 10.1. The summed E-state index contributed by atoms with van der Waals surface area (Å²) in [7, 11) is 0. The lowest BCUT2D eigenvalue weighted by Crippen LogP contribution is -2.36. The molecule has 2 aromatic carbocycles. The SMILES string of the molecule is C[C@H](NCC(=O)NCCc1cccc(Cl)c1)c1ccc(Cl)cc1. The molecule has 0 radical (unpaired) electrons. The van der Waals surface area contributed by atoms with Gasteiger partial charge in [0, 0.05) is 22.6 Å². The molecule has 122 valence electrons. The molecule has 0 spiro atoms. The Hall–Kier alpha value is -1.55. The molecular weight excluding hydrogens is 331 g/mol. The lowest BCUT2D eigenvalue weighted by molar-refractivity contribution is -0.120. The third-order valence-corrected chi connectivity index (χ3v) is 4.05. The molecule has 2 N–H and O–H groups in total. The van der Waals surface area contributed by atoms with Gasteiger partial charge < -0.3 is 10.6 Å². The van der Waals surface area contributed by atoms with Crippen molar-refractivity contribution < 1.29 is 4.79 Å². The molecule has 0 fully saturated rings. The summed E-state index contributed by atoms with van der Waals surface area (Å²) in [6, 6.07) is 15.4. The van der Waals surface area contributed by atoms with Crippen LogP contribution in [0.3, 0.4) is 0 Å². The summed E-state index contributed by atoms with van der Waals surface area (Å²) < 4.78 is 0. The van der Waals surface area contributed by atoms with Crippen molar-refractivity contribution in [1.29, 1.82) is 0 Å². The van der Waals surface area contributed by atoms with Crippen molar-refractivity contribution in [1.82, 2.24) is 10.6 Å². The summed E-state index contributed by atoms with van der Waals surface area (Å²) in [5.74, 6) is -0.0205. The summed E-state index contributed by atoms with van der Waals surface area (Å²) in [5.41, 5.74) is 2.21. The van der Waals surface area contributed by atoms with E-state index >= 15 is 0 Å². The highest BCUT2D eigenvalue weighted by Crippen LogP contribution is 2.15. The molecule has 3 nitrogen and oxygen atoms in total. The molecule has 5 heteroatoms. The maximum absolute atomic E-state index is 11.9. The first-order valence-electron chi connectivity index (χ1n) is 7.54. The Morgan fingerprint density at radius 1 is 1.09 bits per heavy atom. The Bertz CT molecular complexity index is 644. The van der Waals surface area contributed by atoms with Gasteiger partial charge in [-0.15, -0.1) is 0 Å². The molecule has 0 aliphatic heterocycles. The second kappa shape index (κ2) is 8.92. The van der Waals surface area contributed by atoms with Gasteiger partial charge in [0.2, 0.25) is 5.91 Å². The number of carbonyl (C=O) groups is 1. The molecule has 0 aliphatic rings. The zero-order valence-electron chi connectivity index (χ0n) is 13.0. The van der Waals surface area contributed by atoms with Gasteiger partial charge in [0.05, 0.1) is 6.54 Å². The lowest BCUT2D eigenvalue weighted by Gasteiger charge is -2.14. The van der Waals surface area contributed by atoms with Gasteiger partial charge in [-0.3, -0.25) is 4.79 Å². The molecular formula is C18H20Cl2N2O. The Morgan fingerprint density at radius 3 is 2.52 bits per heavy atom. The van der Waals surface area contributed by atoms with Crippen molar-refractivity contribution in [3.05, 3.63) is 69.7 Å². The fourth-order valence-electron chi connectivity index (χ4n) is 2.22. The van der Waals surface area contributed by atoms with Crippen LogP contribution in [0.2, 0.25) is 10.0 Å². The highest BCUT2D eigenvalue weighted by Gasteiger charge is 2.07. The molecule has 0 unspecified atom stereocenters. The van der Waals surface area contributed by atoms with E-state index in [1.54, 1.807) is 0 Å². The van der Waals surface area contributed by atoms with Crippen LogP contribution in [0.15, 0.2) is 48.5 Å². The number of amides is 1. The molecule has 2 rings (SSSR count). The van der Waals surface area contributed by atoms with Gasteiger partial charge in [-0.1, -0.05) is 47.5 Å². The third-order valence-electron chi connectivity index (χ3n) is 3.56. The van der Waals surface area contributed by atoms with Crippen LogP contribution in [0.5, 0.6) is 0 Å². The maximum Gasteiger partial charge on any atom is 0.233 e. The van der Waals surface area contributed by atoms with Crippen molar-refractivity contribution in [2.24, 2.45) is 0 Å². The Kier molecular flexibility index (Phi) is 6.90. The fourth-order valence-corrected chi connectivity index (χ4v) is 2.56. The highest BCUT2D eigenvalue weighted by molar-refractivity contribution is 6.30. The number of carbonyl (C=O) groups excluding carboxylic acids is 1. The van der Waals surface area contributed by atoms with Gasteiger partial charge in [-0.05, 0) is 48.7 Å². The molecule has 0 heterocycles. The number of benzene rings is 2. The summed E-state index contributed by atoms with van der Waals surface area (Å²) in [5, 5.41) is 7.52. The topological polar surface area (TPSA) is 41.1 Å². The van der Waals surface area contributed by atoms with E-state index in [0.717, 1.165) is 17.5 Å². The molecule has 0 bridgehead atoms. The van der Waals surface area contributed by atoms with Gasteiger partial charge in [-0.2, -0.15) is 0 Å². The zero-order chi connectivity index (χ0) is 16.7. The van der Waals surface area contributed by atoms with Gasteiger partial charge in [-0.25, -0.2) is 0 Å². The standard InChI is InChI=1S/C18H20Cl2N2O/c1-13(15-5-7-16(19)8-6-15)22-12-18(23)21-10-9-14-3-2-4-17(20)11-14/h2-8,11,13,22H,9-10,12H2,1H3,(H,21,23)/t13-/m0/s1. The highest BCUT2D eigenvalue weighted by atomic mass is 35.5. The van der Waals surface area contributed by atoms with Crippen LogP contribution in [-0.4, -0.2) is 19.0 Å². The van der Waals surface area contributed by atoms with Crippen molar-refractivity contribution in [2.45, 2.75) is 19.4 Å². The molecule has 23 heavy (non-hydrogen) atoms. The van der Waals surface area contributed by atoms with Crippen molar-refractivity contribution in [3.8, 4) is 0 Å². The molecule has 2 aromatic rings. The summed E-state index contributed by atoms with van der Waals surface area (Å²) in [4.78, 5) is 11.9. The predicted molar refractivity (Wildman–Crippen MR) is 96.0 cm³/mol. The fraction of sp³-hybridized carbons (Fsp3) is 0.278. The molecule has 0 saturated carbocycles. The second-order valence-corrected chi connectivity index (χ2v) is 6.26. The van der Waals surface area contributed by atoms with Crippen molar-refractivity contribution in [2.75, 3.05) is 13.1 Å². The van der Waals surface area contributed by atoms with Gasteiger partial charge in [0.1, 0.15) is 0 Å². The van der Waals surface area contributed by atoms with E-state index in [0.29, 0.717) is 16.6 Å². The maximum atomic E-state index is 11.9. The Balaban J connectivity index is 1.69. The van der Waals surface area contributed by atoms with Crippen LogP contribution in [0.4, 0.5) is 0 Å². The predicted octanol–water partition coefficient (Wildman–Crippen LogP) is 4.00. The number of hydrogen-bond acceptors (Lipinski definition) is 2. The first-order chi connectivity index (χ1) is 11.0. The van der Waals surface area contributed by atoms with Gasteiger partial charge in [0.25, 0.3) is 0 Å². The summed E-state index contributed by atoms with van der Waals surface area (Å²) in [6.07, 6.45) is 0.763. The average molecular weight is 351 g/mol. The van der Waals surface area contributed by atoms with Crippen LogP contribution in [0.25, 0.3) is 0 Å². The first-order valence-corrected chi connectivity index (χ1v) is 8.30. The third kappa shape index (κ3) is 6.22. The zero-order valence-corrected chi connectivity index (χ0v) is 14.5. The number of halogens is 2. The first kappa shape index (κ1) is 17.8. The van der Waals surface area contributed by atoms with E-state index in [9.17, 15) is 4.79 Å². The van der Waals surface area contributed by atoms with E-state index in [2.05, 4.69) is 10.6 Å². The van der Waals surface area contributed by atoms with Crippen LogP contribution >= 0.6 is 23.2 Å². The van der Waals surface area contributed by atoms with E-state index in [4.69, 9.17) is 23.2 Å². The summed E-state index contributed by atoms with van der Waals surface area (Å²) >= 11 is 11.8. The van der Waals surface area contributed by atoms with Crippen LogP contribution in [0, 0.1) is 0 Å². The van der Waals surface area contributed by atoms with Crippen molar-refractivity contribution in [3.63, 3.8) is 0 Å². The largest absolute Gasteiger partial charge is 0.355 e. The smallest absolute Gasteiger partial charge is 0.233 e. The van der Waals surface area contributed by atoms with Gasteiger partial charge in [0.15, 0.2) is 0 Å². The van der Waals surface area contributed by atoms with Crippen LogP contribution < -0.4 is 10.6 Å². The summed E-state index contributed by atoms with van der Waals surface area (Å²) in [6.45, 7) is 2.89. The number of rotatable bonds is 7. The molecule has 0 aliphatic carbocycles. The number of hydrogen-bond donors (Lipinski definition) is 2. The minimum absolute atomic E-state index is 0.0205. The molecule has 1 atom stereocenters. The monoisotopic (exact) mass is 350 g/mol. The minimum atomic E-state index is -0.0205. The van der Waals surface area contributed by atoms with E-state index in [-0.39, 0.29) is 18.5 Å². The van der Waals surface area contributed by atoms with E-state index < -0.39 is 0 Å². The van der Waals surface area contributed by atoms with Gasteiger partial charge >= 0.3 is 0 Å². The van der Waals surface area contributed by atoms with E-state index in [1.807, 2.05) is 55.5 Å². The van der Waals surface area contributed by atoms with Crippen LogP contribution in [-0.2, 0) is 11.2 Å². The Morgan fingerprint density at radius 2 is 1.83 bits per heavy atom. The number of nitrogens with one attached hydrogen (secondary N) is 2. The molecule has 0 saturated heterocycles. The average Bonchev–Trinajstić information content (AvgIpc) is 2.53. The molecule has 0 aromatic heterocycles. The quantitative estimate of drug-likeness (QED) is 0.792. The van der Waals surface area contributed by atoms with E-state index in [1.165, 1.54) is 0 Å². The second-order valence-electron chi connectivity index (χ2n) is 5.38. The molecule has 1 amide bonds. The Labute approximate surface area is 147 Å². The normalized spacial score (nSPS) is 12.0.